The largest absolute Gasteiger partial charge is 0.383 e. The number of rotatable bonds is 3. The van der Waals surface area contributed by atoms with Gasteiger partial charge in [0.2, 0.25) is 0 Å². The van der Waals surface area contributed by atoms with Crippen LogP contribution in [0.3, 0.4) is 0 Å². The first-order chi connectivity index (χ1) is 10.7. The van der Waals surface area contributed by atoms with E-state index in [4.69, 9.17) is 0 Å². The van der Waals surface area contributed by atoms with Crippen LogP contribution in [0.4, 0.5) is 4.79 Å². The predicted molar refractivity (Wildman–Crippen MR) is 86.6 cm³/mol. The number of aliphatic hydroxyl groups is 1. The molecule has 2 atom stereocenters. The monoisotopic (exact) mass is 300 g/mol. The summed E-state index contributed by atoms with van der Waals surface area (Å²) in [4.78, 5) is 12.1. The van der Waals surface area contributed by atoms with Crippen molar-refractivity contribution in [2.45, 2.75) is 50.2 Å². The smallest absolute Gasteiger partial charge is 0.315 e. The van der Waals surface area contributed by atoms with E-state index in [1.54, 1.807) is 0 Å². The fourth-order valence-corrected chi connectivity index (χ4v) is 3.47. The van der Waals surface area contributed by atoms with Crippen LogP contribution in [0.2, 0.25) is 0 Å². The lowest BCUT2D eigenvalue weighted by molar-refractivity contribution is 0.0216. The second kappa shape index (κ2) is 6.53. The molecular weight excluding hydrogens is 276 g/mol. The maximum absolute atomic E-state index is 12.1. The maximum atomic E-state index is 12.1. The van der Waals surface area contributed by atoms with Crippen LogP contribution in [0.5, 0.6) is 0 Å². The Kier molecular flexibility index (Phi) is 4.48. The third-order valence-corrected chi connectivity index (χ3v) is 4.70. The SMILES string of the molecule is O=C(NCC1(O)CCCc2ccccc21)NC1CC=CCC1. The number of aryl methyl sites for hydroxylation is 1. The Morgan fingerprint density at radius 1 is 1.32 bits per heavy atom. The number of fused-ring (bicyclic) bond motifs is 1. The number of benzene rings is 1. The van der Waals surface area contributed by atoms with Crippen molar-refractivity contribution < 1.29 is 9.90 Å². The van der Waals surface area contributed by atoms with Crippen LogP contribution in [-0.4, -0.2) is 23.7 Å². The lowest BCUT2D eigenvalue weighted by atomic mass is 9.79. The van der Waals surface area contributed by atoms with Crippen LogP contribution in [0, 0.1) is 0 Å². The minimum Gasteiger partial charge on any atom is -0.383 e. The van der Waals surface area contributed by atoms with E-state index in [0.717, 1.165) is 37.7 Å². The first-order valence-corrected chi connectivity index (χ1v) is 8.17. The van der Waals surface area contributed by atoms with Crippen molar-refractivity contribution in [3.63, 3.8) is 0 Å². The number of nitrogens with one attached hydrogen (secondary N) is 2. The van der Waals surface area contributed by atoms with Crippen molar-refractivity contribution in [1.82, 2.24) is 10.6 Å². The minimum absolute atomic E-state index is 0.184. The number of carbonyl (C=O) groups excluding carboxylic acids is 1. The van der Waals surface area contributed by atoms with E-state index in [1.165, 1.54) is 5.56 Å². The van der Waals surface area contributed by atoms with Gasteiger partial charge in [0.05, 0.1) is 6.54 Å². The van der Waals surface area contributed by atoms with E-state index in [-0.39, 0.29) is 18.6 Å². The van der Waals surface area contributed by atoms with Gasteiger partial charge in [-0.2, -0.15) is 0 Å². The summed E-state index contributed by atoms with van der Waals surface area (Å²) in [7, 11) is 0. The van der Waals surface area contributed by atoms with Crippen molar-refractivity contribution in [3.8, 4) is 0 Å². The van der Waals surface area contributed by atoms with Crippen LogP contribution in [-0.2, 0) is 12.0 Å². The summed E-state index contributed by atoms with van der Waals surface area (Å²) >= 11 is 0. The van der Waals surface area contributed by atoms with E-state index < -0.39 is 5.60 Å². The molecular formula is C18H24N2O2. The topological polar surface area (TPSA) is 61.4 Å². The molecule has 2 aliphatic rings. The average molecular weight is 300 g/mol. The zero-order valence-corrected chi connectivity index (χ0v) is 12.8. The molecule has 22 heavy (non-hydrogen) atoms. The van der Waals surface area contributed by atoms with Crippen molar-refractivity contribution in [1.29, 1.82) is 0 Å². The minimum atomic E-state index is -0.946. The Morgan fingerprint density at radius 3 is 3.00 bits per heavy atom. The molecule has 3 N–H and O–H groups in total. The number of hydrogen-bond acceptors (Lipinski definition) is 2. The third-order valence-electron chi connectivity index (χ3n) is 4.70. The number of allylic oxidation sites excluding steroid dienone is 1. The van der Waals surface area contributed by atoms with E-state index in [9.17, 15) is 9.90 Å². The van der Waals surface area contributed by atoms with E-state index in [2.05, 4.69) is 28.9 Å². The highest BCUT2D eigenvalue weighted by Gasteiger charge is 2.34. The van der Waals surface area contributed by atoms with Crippen LogP contribution in [0.15, 0.2) is 36.4 Å². The summed E-state index contributed by atoms with van der Waals surface area (Å²) in [6.07, 6.45) is 9.79. The predicted octanol–water partition coefficient (Wildman–Crippen LogP) is 2.62. The highest BCUT2D eigenvalue weighted by molar-refractivity contribution is 5.74. The fraction of sp³-hybridized carbons (Fsp3) is 0.500. The van der Waals surface area contributed by atoms with Crippen molar-refractivity contribution in [3.05, 3.63) is 47.5 Å². The lowest BCUT2D eigenvalue weighted by Gasteiger charge is -2.34. The summed E-state index contributed by atoms with van der Waals surface area (Å²) in [6, 6.07) is 8.01. The molecule has 0 heterocycles. The maximum Gasteiger partial charge on any atom is 0.315 e. The van der Waals surface area contributed by atoms with Crippen molar-refractivity contribution in [2.24, 2.45) is 0 Å². The van der Waals surface area contributed by atoms with E-state index in [0.29, 0.717) is 6.42 Å². The number of amides is 2. The highest BCUT2D eigenvalue weighted by Crippen LogP contribution is 2.34. The first-order valence-electron chi connectivity index (χ1n) is 8.17. The van der Waals surface area contributed by atoms with Gasteiger partial charge < -0.3 is 15.7 Å². The molecule has 0 saturated heterocycles. The second-order valence-electron chi connectivity index (χ2n) is 6.35. The zero-order valence-electron chi connectivity index (χ0n) is 12.8. The summed E-state index contributed by atoms with van der Waals surface area (Å²) in [5.74, 6) is 0. The highest BCUT2D eigenvalue weighted by atomic mass is 16.3. The van der Waals surface area contributed by atoms with Crippen LogP contribution in [0.1, 0.15) is 43.2 Å². The molecule has 0 aliphatic heterocycles. The van der Waals surface area contributed by atoms with Crippen molar-refractivity contribution in [2.75, 3.05) is 6.54 Å². The average Bonchev–Trinajstić information content (AvgIpc) is 2.55. The quantitative estimate of drug-likeness (QED) is 0.752. The molecule has 2 amide bonds. The van der Waals surface area contributed by atoms with Gasteiger partial charge in [-0.15, -0.1) is 0 Å². The van der Waals surface area contributed by atoms with Crippen LogP contribution in [0.25, 0.3) is 0 Å². The molecule has 0 fully saturated rings. The molecule has 4 heteroatoms. The van der Waals surface area contributed by atoms with Gasteiger partial charge in [0, 0.05) is 6.04 Å². The Bertz CT molecular complexity index is 570. The summed E-state index contributed by atoms with van der Waals surface area (Å²) < 4.78 is 0. The summed E-state index contributed by atoms with van der Waals surface area (Å²) in [5.41, 5.74) is 1.21. The molecule has 0 spiro atoms. The fourth-order valence-electron chi connectivity index (χ4n) is 3.47. The molecule has 1 aromatic rings. The first kappa shape index (κ1) is 15.1. The molecule has 2 unspecified atom stereocenters. The molecule has 0 saturated carbocycles. The Labute approximate surface area is 131 Å². The van der Waals surface area contributed by atoms with E-state index >= 15 is 0 Å². The number of hydrogen-bond donors (Lipinski definition) is 3. The molecule has 0 aromatic heterocycles. The second-order valence-corrected chi connectivity index (χ2v) is 6.35. The van der Waals surface area contributed by atoms with Gasteiger partial charge in [-0.05, 0) is 49.7 Å². The van der Waals surface area contributed by atoms with Gasteiger partial charge in [-0.3, -0.25) is 0 Å². The van der Waals surface area contributed by atoms with Crippen LogP contribution >= 0.6 is 0 Å². The summed E-state index contributed by atoms with van der Waals surface area (Å²) in [6.45, 7) is 0.262. The van der Waals surface area contributed by atoms with Gasteiger partial charge in [0.15, 0.2) is 0 Å². The number of carbonyl (C=O) groups is 1. The molecule has 0 radical (unpaired) electrons. The van der Waals surface area contributed by atoms with Crippen molar-refractivity contribution >= 4 is 6.03 Å². The molecule has 1 aromatic carbocycles. The normalized spacial score (nSPS) is 27.0. The Morgan fingerprint density at radius 2 is 2.18 bits per heavy atom. The number of urea groups is 1. The molecule has 118 valence electrons. The standard InChI is InChI=1S/C18H24N2O2/c21-17(20-15-9-2-1-3-10-15)19-13-18(22)12-6-8-14-7-4-5-11-16(14)18/h1-2,4-5,7,11,15,22H,3,6,8-10,12-13H2,(H2,19,20,21). The Balaban J connectivity index is 1.59. The lowest BCUT2D eigenvalue weighted by Crippen LogP contribution is -2.48. The van der Waals surface area contributed by atoms with Crippen LogP contribution < -0.4 is 10.6 Å². The zero-order chi connectivity index (χ0) is 15.4. The Hall–Kier alpha value is -1.81. The molecule has 3 rings (SSSR count). The van der Waals surface area contributed by atoms with Gasteiger partial charge in [0.1, 0.15) is 5.60 Å². The van der Waals surface area contributed by atoms with Gasteiger partial charge in [-0.25, -0.2) is 4.79 Å². The van der Waals surface area contributed by atoms with Gasteiger partial charge >= 0.3 is 6.03 Å². The third kappa shape index (κ3) is 3.33. The summed E-state index contributed by atoms with van der Waals surface area (Å²) in [5, 5.41) is 16.8. The van der Waals surface area contributed by atoms with Gasteiger partial charge in [-0.1, -0.05) is 36.4 Å². The van der Waals surface area contributed by atoms with Gasteiger partial charge in [0.25, 0.3) is 0 Å². The molecule has 0 bridgehead atoms. The molecule has 2 aliphatic carbocycles. The van der Waals surface area contributed by atoms with E-state index in [1.807, 2.05) is 18.2 Å². The molecule has 4 nitrogen and oxygen atoms in total.